The highest BCUT2D eigenvalue weighted by Gasteiger charge is 2.14. The molecule has 3 aromatic rings. The lowest BCUT2D eigenvalue weighted by Gasteiger charge is -2.09. The Balaban J connectivity index is 1.72. The molecule has 1 aromatic heterocycles. The molecule has 1 heterocycles. The van der Waals surface area contributed by atoms with Crippen molar-refractivity contribution in [1.82, 2.24) is 15.8 Å². The van der Waals surface area contributed by atoms with E-state index in [1.54, 1.807) is 12.3 Å². The summed E-state index contributed by atoms with van der Waals surface area (Å²) >= 11 is 0. The van der Waals surface area contributed by atoms with Gasteiger partial charge in [-0.1, -0.05) is 35.9 Å². The fraction of sp³-hybridized carbons (Fsp3) is 0.111. The van der Waals surface area contributed by atoms with Crippen molar-refractivity contribution in [3.63, 3.8) is 0 Å². The van der Waals surface area contributed by atoms with Crippen LogP contribution in [-0.2, 0) is 0 Å². The number of rotatable bonds is 2. The molecular weight excluding hydrogens is 290 g/mol. The number of amides is 2. The molecule has 2 aromatic carbocycles. The number of fused-ring (bicyclic) bond motifs is 1. The van der Waals surface area contributed by atoms with Crippen molar-refractivity contribution in [2.24, 2.45) is 0 Å². The van der Waals surface area contributed by atoms with Gasteiger partial charge in [0.15, 0.2) is 0 Å². The van der Waals surface area contributed by atoms with Gasteiger partial charge in [0.1, 0.15) is 0 Å². The van der Waals surface area contributed by atoms with Gasteiger partial charge in [0.25, 0.3) is 11.8 Å². The predicted molar refractivity (Wildman–Crippen MR) is 89.1 cm³/mol. The largest absolute Gasteiger partial charge is 0.360 e. The molecule has 3 N–H and O–H groups in total. The van der Waals surface area contributed by atoms with E-state index in [-0.39, 0.29) is 11.8 Å². The number of hydrogen-bond donors (Lipinski definition) is 3. The van der Waals surface area contributed by atoms with E-state index in [1.807, 2.05) is 50.2 Å². The Kier molecular flexibility index (Phi) is 3.85. The Bertz CT molecular complexity index is 896. The molecular formula is C18H17N3O2. The van der Waals surface area contributed by atoms with E-state index in [0.29, 0.717) is 11.1 Å². The summed E-state index contributed by atoms with van der Waals surface area (Å²) in [5.74, 6) is -0.698. The number of carbonyl (C=O) groups is 2. The zero-order chi connectivity index (χ0) is 16.4. The van der Waals surface area contributed by atoms with E-state index in [1.165, 1.54) is 0 Å². The smallest absolute Gasteiger partial charge is 0.271 e. The second-order valence-corrected chi connectivity index (χ2v) is 5.47. The van der Waals surface area contributed by atoms with Gasteiger partial charge >= 0.3 is 0 Å². The standard InChI is InChI=1S/C18H17N3O2/c1-11-7-8-13(12(2)9-11)17(22)20-21-18(23)15-10-19-16-6-4-3-5-14(15)16/h3-10,19H,1-2H3,(H,20,22)(H,21,23). The van der Waals surface area contributed by atoms with Gasteiger partial charge in [0, 0.05) is 22.7 Å². The molecule has 0 spiro atoms. The molecule has 3 rings (SSSR count). The summed E-state index contributed by atoms with van der Waals surface area (Å²) in [5.41, 5.74) is 8.77. The Labute approximate surface area is 133 Å². The third kappa shape index (κ3) is 2.94. The Morgan fingerprint density at radius 3 is 2.35 bits per heavy atom. The molecule has 0 aliphatic heterocycles. The van der Waals surface area contributed by atoms with E-state index in [2.05, 4.69) is 15.8 Å². The SMILES string of the molecule is Cc1ccc(C(=O)NNC(=O)c2c[nH]c3ccccc23)c(C)c1. The first-order chi connectivity index (χ1) is 11.1. The average Bonchev–Trinajstić information content (AvgIpc) is 2.96. The number of hydrazine groups is 1. The lowest BCUT2D eigenvalue weighted by molar-refractivity contribution is 0.0847. The van der Waals surface area contributed by atoms with E-state index < -0.39 is 0 Å². The highest BCUT2D eigenvalue weighted by molar-refractivity contribution is 6.07. The first kappa shape index (κ1) is 14.8. The Hall–Kier alpha value is -3.08. The van der Waals surface area contributed by atoms with Crippen LogP contribution in [0.4, 0.5) is 0 Å². The number of para-hydroxylation sites is 1. The second kappa shape index (κ2) is 5.96. The maximum absolute atomic E-state index is 12.2. The van der Waals surface area contributed by atoms with Crippen molar-refractivity contribution < 1.29 is 9.59 Å². The van der Waals surface area contributed by atoms with E-state index in [9.17, 15) is 9.59 Å². The molecule has 0 saturated heterocycles. The molecule has 0 bridgehead atoms. The van der Waals surface area contributed by atoms with Gasteiger partial charge in [-0.2, -0.15) is 0 Å². The van der Waals surface area contributed by atoms with Crippen molar-refractivity contribution in [1.29, 1.82) is 0 Å². The second-order valence-electron chi connectivity index (χ2n) is 5.47. The van der Waals surface area contributed by atoms with Crippen molar-refractivity contribution in [3.05, 3.63) is 70.9 Å². The molecule has 0 aliphatic rings. The minimum atomic E-state index is -0.361. The maximum atomic E-state index is 12.2. The highest BCUT2D eigenvalue weighted by atomic mass is 16.2. The molecule has 0 radical (unpaired) electrons. The number of nitrogens with one attached hydrogen (secondary N) is 3. The van der Waals surface area contributed by atoms with Crippen LogP contribution in [0.15, 0.2) is 48.7 Å². The minimum Gasteiger partial charge on any atom is -0.360 e. The van der Waals surface area contributed by atoms with Crippen molar-refractivity contribution in [3.8, 4) is 0 Å². The fourth-order valence-electron chi connectivity index (χ4n) is 2.58. The molecule has 0 unspecified atom stereocenters. The van der Waals surface area contributed by atoms with Crippen molar-refractivity contribution in [2.45, 2.75) is 13.8 Å². The lowest BCUT2D eigenvalue weighted by Crippen LogP contribution is -2.41. The van der Waals surface area contributed by atoms with E-state index in [4.69, 9.17) is 0 Å². The van der Waals surface area contributed by atoms with Gasteiger partial charge in [-0.05, 0) is 31.5 Å². The maximum Gasteiger partial charge on any atom is 0.271 e. The van der Waals surface area contributed by atoms with E-state index >= 15 is 0 Å². The fourth-order valence-corrected chi connectivity index (χ4v) is 2.58. The number of aryl methyl sites for hydroxylation is 2. The quantitative estimate of drug-likeness (QED) is 0.637. The van der Waals surface area contributed by atoms with Gasteiger partial charge < -0.3 is 4.98 Å². The van der Waals surface area contributed by atoms with E-state index in [0.717, 1.165) is 22.0 Å². The topological polar surface area (TPSA) is 74.0 Å². The summed E-state index contributed by atoms with van der Waals surface area (Å²) in [6, 6.07) is 13.0. The summed E-state index contributed by atoms with van der Waals surface area (Å²) in [5, 5.41) is 0.811. The monoisotopic (exact) mass is 307 g/mol. The number of H-pyrrole nitrogens is 1. The van der Waals surface area contributed by atoms with Crippen LogP contribution in [0.1, 0.15) is 31.8 Å². The molecule has 5 nitrogen and oxygen atoms in total. The van der Waals surface area contributed by atoms with Crippen LogP contribution in [-0.4, -0.2) is 16.8 Å². The van der Waals surface area contributed by atoms with Gasteiger partial charge in [-0.25, -0.2) is 0 Å². The molecule has 5 heteroatoms. The highest BCUT2D eigenvalue weighted by Crippen LogP contribution is 2.17. The summed E-state index contributed by atoms with van der Waals surface area (Å²) in [6.45, 7) is 3.83. The van der Waals surface area contributed by atoms with Crippen LogP contribution < -0.4 is 10.9 Å². The van der Waals surface area contributed by atoms with Crippen molar-refractivity contribution >= 4 is 22.7 Å². The first-order valence-corrected chi connectivity index (χ1v) is 7.30. The van der Waals surface area contributed by atoms with Gasteiger partial charge in [0.2, 0.25) is 0 Å². The molecule has 0 atom stereocenters. The normalized spacial score (nSPS) is 10.5. The molecule has 0 saturated carbocycles. The van der Waals surface area contributed by atoms with Crippen LogP contribution >= 0.6 is 0 Å². The van der Waals surface area contributed by atoms with Gasteiger partial charge in [-0.15, -0.1) is 0 Å². The first-order valence-electron chi connectivity index (χ1n) is 7.30. The number of aromatic amines is 1. The van der Waals surface area contributed by atoms with Crippen LogP contribution in [0, 0.1) is 13.8 Å². The van der Waals surface area contributed by atoms with Crippen molar-refractivity contribution in [2.75, 3.05) is 0 Å². The Morgan fingerprint density at radius 2 is 1.61 bits per heavy atom. The molecule has 116 valence electrons. The number of hydrogen-bond acceptors (Lipinski definition) is 2. The third-order valence-corrected chi connectivity index (χ3v) is 3.75. The van der Waals surface area contributed by atoms with Crippen LogP contribution in [0.5, 0.6) is 0 Å². The predicted octanol–water partition coefficient (Wildman–Crippen LogP) is 2.86. The molecule has 0 fully saturated rings. The number of benzene rings is 2. The number of carbonyl (C=O) groups excluding carboxylic acids is 2. The van der Waals surface area contributed by atoms with Crippen LogP contribution in [0.25, 0.3) is 10.9 Å². The van der Waals surface area contributed by atoms with Gasteiger partial charge in [0.05, 0.1) is 5.56 Å². The molecule has 23 heavy (non-hydrogen) atoms. The molecule has 0 aliphatic carbocycles. The van der Waals surface area contributed by atoms with Crippen LogP contribution in [0.2, 0.25) is 0 Å². The molecule has 2 amide bonds. The van der Waals surface area contributed by atoms with Gasteiger partial charge in [-0.3, -0.25) is 20.4 Å². The minimum absolute atomic E-state index is 0.337. The summed E-state index contributed by atoms with van der Waals surface area (Å²) in [7, 11) is 0. The third-order valence-electron chi connectivity index (χ3n) is 3.75. The lowest BCUT2D eigenvalue weighted by atomic mass is 10.1. The zero-order valence-electron chi connectivity index (χ0n) is 12.9. The van der Waals surface area contributed by atoms with Crippen LogP contribution in [0.3, 0.4) is 0 Å². The zero-order valence-corrected chi connectivity index (χ0v) is 12.9. The summed E-state index contributed by atoms with van der Waals surface area (Å²) < 4.78 is 0. The summed E-state index contributed by atoms with van der Waals surface area (Å²) in [6.07, 6.45) is 1.63. The Morgan fingerprint density at radius 1 is 0.913 bits per heavy atom. The average molecular weight is 307 g/mol. The summed E-state index contributed by atoms with van der Waals surface area (Å²) in [4.78, 5) is 27.5. The number of aromatic nitrogens is 1.